The van der Waals surface area contributed by atoms with Gasteiger partial charge in [-0.25, -0.2) is 0 Å². The van der Waals surface area contributed by atoms with E-state index in [0.717, 1.165) is 0 Å². The standard InChI is InChI=1S/C7H6.C6H13NO2/c1-2-4-7-5-6(7)3-1;1-4(2)5(7-3)6(8)9/h1-4H,5H2;4-5,7H,1-3H3,(H,8,9). The van der Waals surface area contributed by atoms with Crippen LogP contribution in [0.25, 0.3) is 0 Å². The van der Waals surface area contributed by atoms with Crippen LogP contribution in [0.5, 0.6) is 0 Å². The highest BCUT2D eigenvalue weighted by Gasteiger charge is 2.17. The maximum Gasteiger partial charge on any atom is 0.320 e. The second-order valence-electron chi connectivity index (χ2n) is 4.29. The first-order valence-corrected chi connectivity index (χ1v) is 5.53. The van der Waals surface area contributed by atoms with Crippen LogP contribution >= 0.6 is 0 Å². The lowest BCUT2D eigenvalue weighted by atomic mass is 10.1. The van der Waals surface area contributed by atoms with Crippen molar-refractivity contribution in [1.82, 2.24) is 5.32 Å². The minimum atomic E-state index is -0.785. The van der Waals surface area contributed by atoms with Gasteiger partial charge in [0, 0.05) is 0 Å². The maximum atomic E-state index is 10.3. The van der Waals surface area contributed by atoms with E-state index < -0.39 is 12.0 Å². The van der Waals surface area contributed by atoms with Gasteiger partial charge in [-0.1, -0.05) is 38.1 Å². The van der Waals surface area contributed by atoms with Gasteiger partial charge in [0.1, 0.15) is 6.04 Å². The van der Waals surface area contributed by atoms with Crippen LogP contribution in [-0.2, 0) is 11.2 Å². The predicted octanol–water partition coefficient (Wildman–Crippen LogP) is 1.91. The third-order valence-electron chi connectivity index (χ3n) is 2.62. The molecule has 0 amide bonds. The third-order valence-corrected chi connectivity index (χ3v) is 2.62. The molecule has 1 aliphatic rings. The molecule has 0 aromatic heterocycles. The normalized spacial score (nSPS) is 13.5. The van der Waals surface area contributed by atoms with Crippen LogP contribution in [0.15, 0.2) is 24.3 Å². The molecule has 1 aliphatic carbocycles. The van der Waals surface area contributed by atoms with Crippen molar-refractivity contribution in [2.75, 3.05) is 7.05 Å². The Balaban J connectivity index is 0.000000163. The van der Waals surface area contributed by atoms with E-state index in [9.17, 15) is 4.79 Å². The number of aliphatic carboxylic acids is 1. The zero-order valence-corrected chi connectivity index (χ0v) is 10.0. The Labute approximate surface area is 96.5 Å². The first-order chi connectivity index (χ1) is 7.56. The van der Waals surface area contributed by atoms with Gasteiger partial charge in [-0.05, 0) is 30.5 Å². The molecular formula is C13H19NO2. The summed E-state index contributed by atoms with van der Waals surface area (Å²) in [5.41, 5.74) is 3.06. The molecule has 1 aromatic rings. The number of carboxylic acids is 1. The van der Waals surface area contributed by atoms with Crippen LogP contribution in [0.4, 0.5) is 0 Å². The van der Waals surface area contributed by atoms with E-state index in [1.54, 1.807) is 7.05 Å². The fourth-order valence-electron chi connectivity index (χ4n) is 1.58. The molecule has 2 N–H and O–H groups in total. The smallest absolute Gasteiger partial charge is 0.320 e. The zero-order valence-electron chi connectivity index (χ0n) is 10.0. The summed E-state index contributed by atoms with van der Waals surface area (Å²) in [6.07, 6.45) is 1.24. The first-order valence-electron chi connectivity index (χ1n) is 5.53. The molecule has 2 rings (SSSR count). The molecule has 3 heteroatoms. The molecule has 0 fully saturated rings. The lowest BCUT2D eigenvalue weighted by Crippen LogP contribution is -2.38. The Hall–Kier alpha value is -1.35. The molecule has 0 spiro atoms. The number of rotatable bonds is 3. The van der Waals surface area contributed by atoms with Crippen LogP contribution in [-0.4, -0.2) is 24.2 Å². The Bertz CT molecular complexity index is 340. The summed E-state index contributed by atoms with van der Waals surface area (Å²) in [4.78, 5) is 10.3. The summed E-state index contributed by atoms with van der Waals surface area (Å²) >= 11 is 0. The minimum absolute atomic E-state index is 0.146. The fourth-order valence-corrected chi connectivity index (χ4v) is 1.58. The largest absolute Gasteiger partial charge is 0.480 e. The van der Waals surface area contributed by atoms with Gasteiger partial charge in [0.05, 0.1) is 0 Å². The van der Waals surface area contributed by atoms with Gasteiger partial charge in [0.2, 0.25) is 0 Å². The van der Waals surface area contributed by atoms with Crippen molar-refractivity contribution in [3.63, 3.8) is 0 Å². The Kier molecular flexibility index (Phi) is 4.50. The molecule has 16 heavy (non-hydrogen) atoms. The van der Waals surface area contributed by atoms with Gasteiger partial charge in [-0.2, -0.15) is 0 Å². The number of benzene rings is 1. The second-order valence-corrected chi connectivity index (χ2v) is 4.29. The van der Waals surface area contributed by atoms with Crippen molar-refractivity contribution in [3.8, 4) is 0 Å². The first kappa shape index (κ1) is 12.7. The second kappa shape index (κ2) is 5.66. The number of hydrogen-bond acceptors (Lipinski definition) is 2. The lowest BCUT2D eigenvalue weighted by Gasteiger charge is -2.13. The number of hydrogen-bond donors (Lipinski definition) is 2. The predicted molar refractivity (Wildman–Crippen MR) is 64.6 cm³/mol. The lowest BCUT2D eigenvalue weighted by molar-refractivity contribution is -0.140. The molecule has 0 bridgehead atoms. The van der Waals surface area contributed by atoms with E-state index >= 15 is 0 Å². The molecule has 1 aromatic carbocycles. The molecule has 0 aliphatic heterocycles. The highest BCUT2D eigenvalue weighted by atomic mass is 16.4. The van der Waals surface area contributed by atoms with Crippen LogP contribution < -0.4 is 5.32 Å². The maximum absolute atomic E-state index is 10.3. The van der Waals surface area contributed by atoms with E-state index in [1.807, 2.05) is 13.8 Å². The van der Waals surface area contributed by atoms with E-state index in [0.29, 0.717) is 0 Å². The van der Waals surface area contributed by atoms with E-state index in [2.05, 4.69) is 29.6 Å². The number of carboxylic acid groups (broad SMARTS) is 1. The van der Waals surface area contributed by atoms with Gasteiger partial charge >= 0.3 is 5.97 Å². The van der Waals surface area contributed by atoms with Crippen molar-refractivity contribution in [1.29, 1.82) is 0 Å². The quantitative estimate of drug-likeness (QED) is 0.832. The number of likely N-dealkylation sites (N-methyl/N-ethyl adjacent to an activating group) is 1. The van der Waals surface area contributed by atoms with Crippen LogP contribution in [0.2, 0.25) is 0 Å². The van der Waals surface area contributed by atoms with Crippen molar-refractivity contribution in [2.45, 2.75) is 26.3 Å². The van der Waals surface area contributed by atoms with E-state index in [4.69, 9.17) is 5.11 Å². The number of carbonyl (C=O) groups is 1. The molecule has 0 heterocycles. The summed E-state index contributed by atoms with van der Waals surface area (Å²) in [7, 11) is 1.65. The Morgan fingerprint density at radius 3 is 2.00 bits per heavy atom. The summed E-state index contributed by atoms with van der Waals surface area (Å²) in [5.74, 6) is -0.639. The molecule has 1 unspecified atom stereocenters. The van der Waals surface area contributed by atoms with Gasteiger partial charge in [-0.15, -0.1) is 0 Å². The highest BCUT2D eigenvalue weighted by molar-refractivity contribution is 5.73. The molecule has 0 saturated carbocycles. The average Bonchev–Trinajstić information content (AvgIpc) is 2.96. The van der Waals surface area contributed by atoms with Crippen molar-refractivity contribution in [2.24, 2.45) is 5.92 Å². The van der Waals surface area contributed by atoms with Crippen LogP contribution in [0, 0.1) is 5.92 Å². The number of fused-ring (bicyclic) bond motifs is 1. The van der Waals surface area contributed by atoms with Crippen molar-refractivity contribution in [3.05, 3.63) is 35.4 Å². The fraction of sp³-hybridized carbons (Fsp3) is 0.462. The summed E-state index contributed by atoms with van der Waals surface area (Å²) in [5, 5.41) is 11.2. The molecule has 0 saturated heterocycles. The Morgan fingerprint density at radius 1 is 1.31 bits per heavy atom. The van der Waals surface area contributed by atoms with Gasteiger partial charge in [0.25, 0.3) is 0 Å². The van der Waals surface area contributed by atoms with Crippen molar-refractivity contribution < 1.29 is 9.90 Å². The molecule has 0 radical (unpaired) electrons. The van der Waals surface area contributed by atoms with Crippen LogP contribution in [0.1, 0.15) is 25.0 Å². The van der Waals surface area contributed by atoms with Crippen LogP contribution in [0.3, 0.4) is 0 Å². The zero-order chi connectivity index (χ0) is 12.1. The number of nitrogens with one attached hydrogen (secondary N) is 1. The highest BCUT2D eigenvalue weighted by Crippen LogP contribution is 2.25. The SMILES string of the molecule is CNC(C(=O)O)C(C)C.c1ccc2c(c1)C2. The summed E-state index contributed by atoms with van der Waals surface area (Å²) in [6.45, 7) is 3.74. The third kappa shape index (κ3) is 3.66. The molecule has 3 nitrogen and oxygen atoms in total. The average molecular weight is 221 g/mol. The van der Waals surface area contributed by atoms with Gasteiger partial charge in [0.15, 0.2) is 0 Å². The summed E-state index contributed by atoms with van der Waals surface area (Å²) in [6, 6.07) is 8.12. The van der Waals surface area contributed by atoms with Gasteiger partial charge in [-0.3, -0.25) is 4.79 Å². The Morgan fingerprint density at radius 2 is 1.81 bits per heavy atom. The molecule has 1 atom stereocenters. The van der Waals surface area contributed by atoms with Crippen molar-refractivity contribution >= 4 is 5.97 Å². The minimum Gasteiger partial charge on any atom is -0.480 e. The van der Waals surface area contributed by atoms with E-state index in [1.165, 1.54) is 17.5 Å². The molecule has 88 valence electrons. The molecular weight excluding hydrogens is 202 g/mol. The van der Waals surface area contributed by atoms with Gasteiger partial charge < -0.3 is 10.4 Å². The summed E-state index contributed by atoms with van der Waals surface area (Å²) < 4.78 is 0. The topological polar surface area (TPSA) is 49.3 Å². The monoisotopic (exact) mass is 221 g/mol. The van der Waals surface area contributed by atoms with E-state index in [-0.39, 0.29) is 5.92 Å².